The second-order valence-electron chi connectivity index (χ2n) is 1.26. The van der Waals surface area contributed by atoms with Gasteiger partial charge < -0.3 is 0 Å². The summed E-state index contributed by atoms with van der Waals surface area (Å²) in [5.74, 6) is 0. The van der Waals surface area contributed by atoms with Crippen LogP contribution < -0.4 is 0 Å². The summed E-state index contributed by atoms with van der Waals surface area (Å²) in [4.78, 5) is 0. The van der Waals surface area contributed by atoms with Crippen LogP contribution in [-0.4, -0.2) is 39.1 Å². The van der Waals surface area contributed by atoms with E-state index in [-0.39, 0.29) is 0 Å². The summed E-state index contributed by atoms with van der Waals surface area (Å²) in [5, 5.41) is 0. The van der Waals surface area contributed by atoms with Crippen LogP contribution in [0.1, 0.15) is 13.8 Å². The zero-order valence-electron chi connectivity index (χ0n) is 4.74. The molecule has 2 radical (unpaired) electrons. The van der Waals surface area contributed by atoms with Crippen molar-refractivity contribution in [2.24, 2.45) is 0 Å². The molecule has 0 bridgehead atoms. The average molecular weight is 315 g/mol. The minimum atomic E-state index is -0.777. The maximum absolute atomic E-state index is 5.69. The third-order valence-electron chi connectivity index (χ3n) is 0.883. The molecule has 0 saturated carbocycles. The van der Waals surface area contributed by atoms with Crippen molar-refractivity contribution >= 4 is 31.6 Å². The summed E-state index contributed by atoms with van der Waals surface area (Å²) in [7, 11) is 5.69. The summed E-state index contributed by atoms with van der Waals surface area (Å²) in [6.07, 6.45) is 0. The van der Waals surface area contributed by atoms with Gasteiger partial charge in [0.25, 0.3) is 0 Å². The van der Waals surface area contributed by atoms with Crippen molar-refractivity contribution in [1.29, 1.82) is 0 Å². The molecular formula is C4H10ClNPb. The van der Waals surface area contributed by atoms with E-state index >= 15 is 0 Å². The number of rotatable bonds is 3. The third kappa shape index (κ3) is 3.73. The molecule has 0 aliphatic carbocycles. The van der Waals surface area contributed by atoms with Gasteiger partial charge in [-0.25, -0.2) is 0 Å². The molecule has 0 N–H and O–H groups in total. The molecule has 1 nitrogen and oxygen atoms in total. The molecule has 42 valence electrons. The van der Waals surface area contributed by atoms with Crippen molar-refractivity contribution < 1.29 is 0 Å². The normalized spacial score (nSPS) is 10.3. The van der Waals surface area contributed by atoms with Crippen molar-refractivity contribution in [3.05, 3.63) is 0 Å². The molecule has 0 amide bonds. The van der Waals surface area contributed by atoms with Gasteiger partial charge in [0.15, 0.2) is 0 Å². The molecule has 0 rings (SSSR count). The molecule has 0 aromatic rings. The molecule has 0 unspecified atom stereocenters. The molecule has 0 spiro atoms. The first-order valence-electron chi connectivity index (χ1n) is 2.46. The topological polar surface area (TPSA) is 3.24 Å². The molecule has 0 aliphatic heterocycles. The van der Waals surface area contributed by atoms with Gasteiger partial charge in [0, 0.05) is 0 Å². The Morgan fingerprint density at radius 1 is 1.43 bits per heavy atom. The van der Waals surface area contributed by atoms with Gasteiger partial charge >= 0.3 is 61.3 Å². The van der Waals surface area contributed by atoms with E-state index < -0.39 is 23.3 Å². The van der Waals surface area contributed by atoms with Crippen molar-refractivity contribution in [2.75, 3.05) is 13.1 Å². The zero-order chi connectivity index (χ0) is 5.70. The van der Waals surface area contributed by atoms with Crippen LogP contribution in [0.25, 0.3) is 0 Å². The standard InChI is InChI=1S/C4H10N.ClH.Pb/c1-3-5-4-2;;/h3-4H2,1-2H3;1H;/q-1;;+2/p-1. The Labute approximate surface area is 61.1 Å². The Kier molecular flexibility index (Phi) is 6.20. The molecule has 0 fully saturated rings. The Morgan fingerprint density at radius 3 is 1.86 bits per heavy atom. The van der Waals surface area contributed by atoms with Crippen LogP contribution >= 0.6 is 8.32 Å². The van der Waals surface area contributed by atoms with Crippen molar-refractivity contribution in [1.82, 2.24) is 2.71 Å². The predicted octanol–water partition coefficient (Wildman–Crippen LogP) is 1.10. The summed E-state index contributed by atoms with van der Waals surface area (Å²) in [6.45, 7) is 6.59. The summed E-state index contributed by atoms with van der Waals surface area (Å²) in [5.41, 5.74) is 0. The van der Waals surface area contributed by atoms with Crippen LogP contribution in [-0.2, 0) is 0 Å². The predicted molar refractivity (Wildman–Crippen MR) is 34.5 cm³/mol. The Balaban J connectivity index is 2.99. The van der Waals surface area contributed by atoms with Gasteiger partial charge in [0.2, 0.25) is 0 Å². The molecule has 0 aliphatic rings. The van der Waals surface area contributed by atoms with E-state index in [4.69, 9.17) is 8.32 Å². The quantitative estimate of drug-likeness (QED) is 0.705. The van der Waals surface area contributed by atoms with E-state index in [1.54, 1.807) is 0 Å². The zero-order valence-corrected chi connectivity index (χ0v) is 9.38. The van der Waals surface area contributed by atoms with Crippen LogP contribution in [0.15, 0.2) is 0 Å². The summed E-state index contributed by atoms with van der Waals surface area (Å²) in [6, 6.07) is 0. The first kappa shape index (κ1) is 8.17. The van der Waals surface area contributed by atoms with Gasteiger partial charge in [-0.05, 0) is 0 Å². The van der Waals surface area contributed by atoms with Gasteiger partial charge in [0.05, 0.1) is 0 Å². The van der Waals surface area contributed by atoms with Crippen molar-refractivity contribution in [2.45, 2.75) is 13.8 Å². The Morgan fingerprint density at radius 2 is 1.86 bits per heavy atom. The molecule has 0 heterocycles. The van der Waals surface area contributed by atoms with E-state index in [9.17, 15) is 0 Å². The monoisotopic (exact) mass is 315 g/mol. The second-order valence-corrected chi connectivity index (χ2v) is 5.86. The Bertz CT molecular complexity index is 33.2. The molecular weight excluding hydrogens is 305 g/mol. The first-order chi connectivity index (χ1) is 3.35. The van der Waals surface area contributed by atoms with Gasteiger partial charge in [0.1, 0.15) is 0 Å². The van der Waals surface area contributed by atoms with Crippen LogP contribution in [0.5, 0.6) is 0 Å². The molecule has 0 aromatic heterocycles. The van der Waals surface area contributed by atoms with E-state index in [0.29, 0.717) is 0 Å². The van der Waals surface area contributed by atoms with E-state index in [1.165, 1.54) is 0 Å². The van der Waals surface area contributed by atoms with Gasteiger partial charge in [-0.1, -0.05) is 0 Å². The van der Waals surface area contributed by atoms with Crippen LogP contribution in [0, 0.1) is 0 Å². The first-order valence-corrected chi connectivity index (χ1v) is 8.98. The van der Waals surface area contributed by atoms with Crippen molar-refractivity contribution in [3.8, 4) is 0 Å². The fraction of sp³-hybridized carbons (Fsp3) is 1.00. The van der Waals surface area contributed by atoms with Crippen molar-refractivity contribution in [3.63, 3.8) is 0 Å². The summed E-state index contributed by atoms with van der Waals surface area (Å²) >= 11 is -0.777. The summed E-state index contributed by atoms with van der Waals surface area (Å²) < 4.78 is 2.33. The third-order valence-corrected chi connectivity index (χ3v) is 6.37. The van der Waals surface area contributed by atoms with Crippen LogP contribution in [0.3, 0.4) is 0 Å². The fourth-order valence-corrected chi connectivity index (χ4v) is 3.37. The molecule has 3 heteroatoms. The van der Waals surface area contributed by atoms with Crippen LogP contribution in [0.4, 0.5) is 0 Å². The molecule has 0 aromatic carbocycles. The minimum absolute atomic E-state index is 0.777. The van der Waals surface area contributed by atoms with Gasteiger partial charge in [-0.2, -0.15) is 0 Å². The molecule has 0 saturated heterocycles. The number of hydrogen-bond donors (Lipinski definition) is 0. The second kappa shape index (κ2) is 5.31. The average Bonchev–Trinajstić information content (AvgIpc) is 1.72. The van der Waals surface area contributed by atoms with Gasteiger partial charge in [-0.3, -0.25) is 0 Å². The molecule has 0 atom stereocenters. The fourth-order valence-electron chi connectivity index (χ4n) is 0.343. The van der Waals surface area contributed by atoms with E-state index in [0.717, 1.165) is 13.1 Å². The number of halogens is 1. The van der Waals surface area contributed by atoms with E-state index in [2.05, 4.69) is 16.6 Å². The van der Waals surface area contributed by atoms with E-state index in [1.807, 2.05) is 0 Å². The SMILES string of the molecule is CC[N](CC)[Pb][Cl]. The van der Waals surface area contributed by atoms with Crippen LogP contribution in [0.2, 0.25) is 0 Å². The maximum atomic E-state index is 5.69. The number of hydrogen-bond acceptors (Lipinski definition) is 1. The Hall–Kier alpha value is 1.17. The van der Waals surface area contributed by atoms with Gasteiger partial charge in [-0.15, -0.1) is 0 Å². The molecule has 7 heavy (non-hydrogen) atoms. The number of nitrogens with zero attached hydrogens (tertiary/aromatic N) is 1.